The fourth-order valence-electron chi connectivity index (χ4n) is 3.15. The maximum atomic E-state index is 12.7. The average molecular weight is 311 g/mol. The normalized spacial score (nSPS) is 20.7. The van der Waals surface area contributed by atoms with Crippen molar-refractivity contribution in [2.24, 2.45) is 5.92 Å². The van der Waals surface area contributed by atoms with E-state index in [0.717, 1.165) is 17.1 Å². The molecule has 1 amide bonds. The zero-order chi connectivity index (χ0) is 16.4. The van der Waals surface area contributed by atoms with Crippen LogP contribution in [0, 0.1) is 19.8 Å². The minimum atomic E-state index is -0.509. The van der Waals surface area contributed by atoms with Gasteiger partial charge in [0.15, 0.2) is 0 Å². The number of carbonyl (C=O) groups is 1. The molecule has 23 heavy (non-hydrogen) atoms. The van der Waals surface area contributed by atoms with Gasteiger partial charge in [-0.15, -0.1) is 0 Å². The van der Waals surface area contributed by atoms with Crippen LogP contribution in [0.3, 0.4) is 0 Å². The monoisotopic (exact) mass is 311 g/mol. The van der Waals surface area contributed by atoms with Crippen LogP contribution in [-0.2, 0) is 6.42 Å². The van der Waals surface area contributed by atoms with Gasteiger partial charge in [-0.3, -0.25) is 14.8 Å². The molecule has 1 aliphatic rings. The van der Waals surface area contributed by atoms with E-state index in [2.05, 4.69) is 9.97 Å². The molecule has 3 heterocycles. The second-order valence-electron chi connectivity index (χ2n) is 6.20. The van der Waals surface area contributed by atoms with Crippen LogP contribution in [-0.4, -0.2) is 45.1 Å². The molecule has 0 aliphatic carbocycles. The Bertz CT molecular complexity index is 682. The predicted molar refractivity (Wildman–Crippen MR) is 87.1 cm³/mol. The summed E-state index contributed by atoms with van der Waals surface area (Å²) in [6.45, 7) is 4.69. The number of nitrogens with zero attached hydrogens (tertiary/aromatic N) is 3. The van der Waals surface area contributed by atoms with Gasteiger partial charge in [-0.25, -0.2) is 0 Å². The summed E-state index contributed by atoms with van der Waals surface area (Å²) < 4.78 is 0. The molecule has 2 atom stereocenters. The zero-order valence-corrected chi connectivity index (χ0v) is 13.4. The Kier molecular flexibility index (Phi) is 4.39. The molecule has 2 aromatic heterocycles. The number of aliphatic hydroxyl groups is 1. The lowest BCUT2D eigenvalue weighted by molar-refractivity contribution is 0.0764. The van der Waals surface area contributed by atoms with E-state index >= 15 is 0 Å². The highest BCUT2D eigenvalue weighted by molar-refractivity contribution is 5.94. The van der Waals surface area contributed by atoms with Crippen LogP contribution in [0.15, 0.2) is 36.5 Å². The highest BCUT2D eigenvalue weighted by Gasteiger charge is 2.34. The summed E-state index contributed by atoms with van der Waals surface area (Å²) in [5.41, 5.74) is 3.25. The Hall–Kier alpha value is -2.27. The van der Waals surface area contributed by atoms with E-state index < -0.39 is 6.10 Å². The molecule has 0 aromatic carbocycles. The number of aryl methyl sites for hydroxylation is 2. The van der Waals surface area contributed by atoms with Crippen LogP contribution in [0.1, 0.15) is 27.4 Å². The number of hydrogen-bond acceptors (Lipinski definition) is 4. The average Bonchev–Trinajstić information content (AvgIpc) is 2.87. The van der Waals surface area contributed by atoms with Crippen molar-refractivity contribution in [2.75, 3.05) is 13.1 Å². The number of pyridine rings is 2. The van der Waals surface area contributed by atoms with Crippen LogP contribution < -0.4 is 0 Å². The molecular weight excluding hydrogens is 290 g/mol. The standard InChI is InChI=1S/C18H21N3O2/c1-12-7-14(8-13(2)20-12)18(23)21-10-15(17(22)11-21)9-16-5-3-4-6-19-16/h3-8,15,17,22H,9-11H2,1-2H3/t15-,17-/m1/s1. The van der Waals surface area contributed by atoms with E-state index in [-0.39, 0.29) is 11.8 Å². The molecule has 0 saturated carbocycles. The van der Waals surface area contributed by atoms with Gasteiger partial charge in [-0.2, -0.15) is 0 Å². The predicted octanol–water partition coefficient (Wildman–Crippen LogP) is 1.77. The van der Waals surface area contributed by atoms with Gasteiger partial charge in [0.05, 0.1) is 6.10 Å². The number of likely N-dealkylation sites (tertiary alicyclic amines) is 1. The third-order valence-electron chi connectivity index (χ3n) is 4.22. The first-order valence-corrected chi connectivity index (χ1v) is 7.85. The van der Waals surface area contributed by atoms with Crippen molar-refractivity contribution >= 4 is 5.91 Å². The van der Waals surface area contributed by atoms with E-state index in [1.807, 2.05) is 32.0 Å². The number of aliphatic hydroxyl groups excluding tert-OH is 1. The topological polar surface area (TPSA) is 66.3 Å². The molecular formula is C18H21N3O2. The molecule has 5 heteroatoms. The van der Waals surface area contributed by atoms with Gasteiger partial charge in [0, 0.05) is 47.8 Å². The SMILES string of the molecule is Cc1cc(C(=O)N2C[C@@H](Cc3ccccn3)[C@H](O)C2)cc(C)n1. The number of aromatic nitrogens is 2. The van der Waals surface area contributed by atoms with Gasteiger partial charge < -0.3 is 10.0 Å². The summed E-state index contributed by atoms with van der Waals surface area (Å²) in [4.78, 5) is 23.0. The van der Waals surface area contributed by atoms with Gasteiger partial charge in [-0.05, 0) is 44.5 Å². The number of amides is 1. The van der Waals surface area contributed by atoms with Gasteiger partial charge in [0.1, 0.15) is 0 Å². The maximum absolute atomic E-state index is 12.7. The Balaban J connectivity index is 1.71. The minimum absolute atomic E-state index is 0.0258. The Morgan fingerprint density at radius 2 is 2.00 bits per heavy atom. The van der Waals surface area contributed by atoms with E-state index in [4.69, 9.17) is 0 Å². The lowest BCUT2D eigenvalue weighted by Crippen LogP contribution is -2.29. The first-order valence-electron chi connectivity index (χ1n) is 7.85. The number of carbonyl (C=O) groups excluding carboxylic acids is 1. The molecule has 1 N–H and O–H groups in total. The fraction of sp³-hybridized carbons (Fsp3) is 0.389. The Labute approximate surface area is 136 Å². The second-order valence-corrected chi connectivity index (χ2v) is 6.20. The van der Waals surface area contributed by atoms with E-state index in [1.165, 1.54) is 0 Å². The highest BCUT2D eigenvalue weighted by Crippen LogP contribution is 2.23. The van der Waals surface area contributed by atoms with Crippen molar-refractivity contribution < 1.29 is 9.90 Å². The van der Waals surface area contributed by atoms with Crippen LogP contribution >= 0.6 is 0 Å². The van der Waals surface area contributed by atoms with Crippen molar-refractivity contribution in [3.8, 4) is 0 Å². The molecule has 1 aliphatic heterocycles. The van der Waals surface area contributed by atoms with Crippen LogP contribution in [0.4, 0.5) is 0 Å². The summed E-state index contributed by atoms with van der Waals surface area (Å²) in [6.07, 6.45) is 1.92. The molecule has 0 unspecified atom stereocenters. The summed E-state index contributed by atoms with van der Waals surface area (Å²) in [6, 6.07) is 9.36. The largest absolute Gasteiger partial charge is 0.391 e. The molecule has 0 radical (unpaired) electrons. The van der Waals surface area contributed by atoms with Crippen molar-refractivity contribution in [1.29, 1.82) is 0 Å². The van der Waals surface area contributed by atoms with Crippen LogP contribution in [0.25, 0.3) is 0 Å². The van der Waals surface area contributed by atoms with E-state index in [1.54, 1.807) is 23.2 Å². The molecule has 2 aromatic rings. The Morgan fingerprint density at radius 1 is 1.26 bits per heavy atom. The van der Waals surface area contributed by atoms with Crippen molar-refractivity contribution in [2.45, 2.75) is 26.4 Å². The minimum Gasteiger partial charge on any atom is -0.391 e. The third kappa shape index (κ3) is 3.56. The van der Waals surface area contributed by atoms with Crippen LogP contribution in [0.2, 0.25) is 0 Å². The highest BCUT2D eigenvalue weighted by atomic mass is 16.3. The molecule has 3 rings (SSSR count). The smallest absolute Gasteiger partial charge is 0.254 e. The van der Waals surface area contributed by atoms with Gasteiger partial charge >= 0.3 is 0 Å². The number of rotatable bonds is 3. The molecule has 1 saturated heterocycles. The molecule has 5 nitrogen and oxygen atoms in total. The fourth-order valence-corrected chi connectivity index (χ4v) is 3.15. The lowest BCUT2D eigenvalue weighted by Gasteiger charge is -2.16. The maximum Gasteiger partial charge on any atom is 0.254 e. The Morgan fingerprint density at radius 3 is 2.65 bits per heavy atom. The third-order valence-corrected chi connectivity index (χ3v) is 4.22. The first-order chi connectivity index (χ1) is 11.0. The van der Waals surface area contributed by atoms with Gasteiger partial charge in [0.25, 0.3) is 5.91 Å². The summed E-state index contributed by atoms with van der Waals surface area (Å²) >= 11 is 0. The summed E-state index contributed by atoms with van der Waals surface area (Å²) in [7, 11) is 0. The van der Waals surface area contributed by atoms with Gasteiger partial charge in [-0.1, -0.05) is 6.07 Å². The van der Waals surface area contributed by atoms with Crippen molar-refractivity contribution in [1.82, 2.24) is 14.9 Å². The number of β-amino-alcohol motifs (C(OH)–C–C–N with tert-alkyl or cyclic N) is 1. The summed E-state index contributed by atoms with van der Waals surface area (Å²) in [5.74, 6) is -0.0148. The molecule has 0 bridgehead atoms. The first kappa shape index (κ1) is 15.6. The molecule has 120 valence electrons. The van der Waals surface area contributed by atoms with E-state index in [0.29, 0.717) is 25.1 Å². The van der Waals surface area contributed by atoms with E-state index in [9.17, 15) is 9.90 Å². The quantitative estimate of drug-likeness (QED) is 0.938. The summed E-state index contributed by atoms with van der Waals surface area (Å²) in [5, 5.41) is 10.3. The number of hydrogen-bond donors (Lipinski definition) is 1. The lowest BCUT2D eigenvalue weighted by atomic mass is 10.00. The molecule has 1 fully saturated rings. The van der Waals surface area contributed by atoms with Crippen molar-refractivity contribution in [3.05, 3.63) is 59.2 Å². The molecule has 0 spiro atoms. The van der Waals surface area contributed by atoms with Crippen molar-refractivity contribution in [3.63, 3.8) is 0 Å². The van der Waals surface area contributed by atoms with Gasteiger partial charge in [0.2, 0.25) is 0 Å². The second kappa shape index (κ2) is 6.46. The van der Waals surface area contributed by atoms with Crippen LogP contribution in [0.5, 0.6) is 0 Å². The zero-order valence-electron chi connectivity index (χ0n) is 13.4.